The third kappa shape index (κ3) is 6.87. The van der Waals surface area contributed by atoms with Crippen LogP contribution in [0.2, 0.25) is 0 Å². The highest BCUT2D eigenvalue weighted by atomic mass is 15.1. The number of hydrogen-bond donors (Lipinski definition) is 1. The Bertz CT molecular complexity index is 2760. The number of rotatable bonds is 4. The Balaban J connectivity index is 1.41. The normalized spacial score (nSPS) is 13.0. The fourth-order valence-electron chi connectivity index (χ4n) is 7.92. The van der Waals surface area contributed by atoms with Crippen molar-refractivity contribution in [2.75, 3.05) is 0 Å². The van der Waals surface area contributed by atoms with Crippen LogP contribution in [0.15, 0.2) is 121 Å². The minimum absolute atomic E-state index is 0.0290. The molecule has 1 N–H and O–H groups in total. The zero-order valence-corrected chi connectivity index (χ0v) is 35.4. The molecular formula is C53H57N3. The van der Waals surface area contributed by atoms with Crippen LogP contribution in [0, 0.1) is 0 Å². The average molecular weight is 736 g/mol. The van der Waals surface area contributed by atoms with Crippen LogP contribution in [0.3, 0.4) is 0 Å². The van der Waals surface area contributed by atoms with E-state index in [1.165, 1.54) is 66.3 Å². The summed E-state index contributed by atoms with van der Waals surface area (Å²) in [6, 6.07) is 45.3. The molecule has 0 aliphatic heterocycles. The Morgan fingerprint density at radius 1 is 0.446 bits per heavy atom. The summed E-state index contributed by atoms with van der Waals surface area (Å²) in [5, 5.41) is 2.57. The lowest BCUT2D eigenvalue weighted by Crippen LogP contribution is -2.13. The highest BCUT2D eigenvalue weighted by Gasteiger charge is 2.25. The van der Waals surface area contributed by atoms with Crippen molar-refractivity contribution in [1.29, 1.82) is 0 Å². The van der Waals surface area contributed by atoms with Crippen molar-refractivity contribution in [3.63, 3.8) is 0 Å². The van der Waals surface area contributed by atoms with Crippen molar-refractivity contribution in [1.82, 2.24) is 14.5 Å². The second kappa shape index (κ2) is 13.1. The van der Waals surface area contributed by atoms with E-state index in [1.54, 1.807) is 0 Å². The smallest absolute Gasteiger partial charge is 0.145 e. The Labute approximate surface area is 333 Å². The van der Waals surface area contributed by atoms with Crippen LogP contribution in [0.5, 0.6) is 0 Å². The van der Waals surface area contributed by atoms with Crippen LogP contribution >= 0.6 is 0 Å². The minimum Gasteiger partial charge on any atom is -0.354 e. The van der Waals surface area contributed by atoms with E-state index in [4.69, 9.17) is 4.98 Å². The molecule has 2 heterocycles. The van der Waals surface area contributed by atoms with E-state index in [0.717, 1.165) is 28.1 Å². The summed E-state index contributed by atoms with van der Waals surface area (Å²) in [4.78, 5) is 9.21. The number of nitrogens with zero attached hydrogens (tertiary/aromatic N) is 2. The molecule has 0 amide bonds. The van der Waals surface area contributed by atoms with E-state index in [2.05, 4.69) is 214 Å². The molecule has 2 aromatic heterocycles. The molecule has 0 saturated carbocycles. The van der Waals surface area contributed by atoms with E-state index in [-0.39, 0.29) is 21.7 Å². The zero-order valence-electron chi connectivity index (χ0n) is 35.4. The lowest BCUT2D eigenvalue weighted by molar-refractivity contribution is 0.589. The van der Waals surface area contributed by atoms with Gasteiger partial charge in [0.2, 0.25) is 0 Å². The Hall–Kier alpha value is -5.41. The summed E-state index contributed by atoms with van der Waals surface area (Å²) < 4.78 is 2.31. The molecule has 0 fully saturated rings. The predicted molar refractivity (Wildman–Crippen MR) is 242 cm³/mol. The molecule has 0 saturated heterocycles. The summed E-state index contributed by atoms with van der Waals surface area (Å²) in [5.74, 6) is 0.948. The van der Waals surface area contributed by atoms with Crippen LogP contribution in [-0.2, 0) is 21.7 Å². The maximum absolute atomic E-state index is 5.31. The lowest BCUT2D eigenvalue weighted by Gasteiger charge is -2.25. The van der Waals surface area contributed by atoms with Crippen LogP contribution in [0.4, 0.5) is 0 Å². The highest BCUT2D eigenvalue weighted by molar-refractivity contribution is 6.12. The van der Waals surface area contributed by atoms with Gasteiger partial charge >= 0.3 is 0 Å². The molecule has 0 spiro atoms. The molecular weight excluding hydrogens is 679 g/mol. The van der Waals surface area contributed by atoms with Crippen LogP contribution < -0.4 is 0 Å². The molecule has 0 aliphatic rings. The number of fused-ring (bicyclic) bond motifs is 4. The van der Waals surface area contributed by atoms with Crippen molar-refractivity contribution in [3.05, 3.63) is 144 Å². The van der Waals surface area contributed by atoms with Crippen molar-refractivity contribution in [2.24, 2.45) is 0 Å². The largest absolute Gasteiger partial charge is 0.354 e. The molecule has 3 heteroatoms. The summed E-state index contributed by atoms with van der Waals surface area (Å²) in [6.07, 6.45) is 0. The number of hydrogen-bond acceptors (Lipinski definition) is 1. The van der Waals surface area contributed by atoms with Gasteiger partial charge in [-0.1, -0.05) is 138 Å². The number of imidazole rings is 1. The molecule has 0 aliphatic carbocycles. The standard InChI is InChI=1S/C53H57N3/c1-50(2,3)37-22-23-45-43(30-37)44-32-40(53(10,11)12)31-42(48(44)54-45)35-24-33(26-38(28-35)51(4,5)6)34-25-36(29-39(27-34)52(7,8)9)49-55-46-20-16-17-21-47(46)56(49)41-18-14-13-15-19-41/h13-32,54H,1-12H3. The number of aromatic amines is 1. The Morgan fingerprint density at radius 3 is 1.59 bits per heavy atom. The molecule has 0 bridgehead atoms. The maximum Gasteiger partial charge on any atom is 0.145 e. The SMILES string of the molecule is CC(C)(C)c1cc(-c2cc(-c3nc4ccccc4n3-c3ccccc3)cc(C(C)(C)C)c2)cc(-c2cc(C(C)(C)C)cc3c2[nH]c2ccc(C(C)(C)C)cc23)c1. The van der Waals surface area contributed by atoms with Gasteiger partial charge in [-0.3, -0.25) is 4.57 Å². The van der Waals surface area contributed by atoms with Crippen LogP contribution in [0.25, 0.3) is 72.2 Å². The second-order valence-electron chi connectivity index (χ2n) is 20.0. The van der Waals surface area contributed by atoms with Gasteiger partial charge in [-0.2, -0.15) is 0 Å². The summed E-state index contributed by atoms with van der Waals surface area (Å²) in [6.45, 7) is 27.8. The van der Waals surface area contributed by atoms with E-state index in [9.17, 15) is 0 Å². The first kappa shape index (κ1) is 37.5. The van der Waals surface area contributed by atoms with Crippen molar-refractivity contribution >= 4 is 32.8 Å². The molecule has 0 atom stereocenters. The van der Waals surface area contributed by atoms with Gasteiger partial charge < -0.3 is 4.98 Å². The van der Waals surface area contributed by atoms with Gasteiger partial charge in [-0.05, 0) is 127 Å². The Morgan fingerprint density at radius 2 is 0.964 bits per heavy atom. The maximum atomic E-state index is 5.31. The third-order valence-electron chi connectivity index (χ3n) is 11.5. The zero-order chi connectivity index (χ0) is 39.9. The molecule has 8 aromatic rings. The monoisotopic (exact) mass is 735 g/mol. The van der Waals surface area contributed by atoms with E-state index in [1.807, 2.05) is 0 Å². The average Bonchev–Trinajstić information content (AvgIpc) is 3.72. The quantitative estimate of drug-likeness (QED) is 0.192. The summed E-state index contributed by atoms with van der Waals surface area (Å²) in [7, 11) is 0. The molecule has 0 radical (unpaired) electrons. The fraction of sp³-hybridized carbons (Fsp3) is 0.302. The predicted octanol–water partition coefficient (Wildman–Crippen LogP) is 14.9. The van der Waals surface area contributed by atoms with Crippen LogP contribution in [-0.4, -0.2) is 14.5 Å². The van der Waals surface area contributed by atoms with Gasteiger partial charge in [-0.15, -0.1) is 0 Å². The molecule has 284 valence electrons. The first-order chi connectivity index (χ1) is 26.3. The van der Waals surface area contributed by atoms with Crippen molar-refractivity contribution < 1.29 is 0 Å². The van der Waals surface area contributed by atoms with Gasteiger partial charge in [0.25, 0.3) is 0 Å². The number of nitrogens with one attached hydrogen (secondary N) is 1. The highest BCUT2D eigenvalue weighted by Crippen LogP contribution is 2.43. The number of H-pyrrole nitrogens is 1. The Kier molecular flexibility index (Phi) is 8.77. The van der Waals surface area contributed by atoms with E-state index < -0.39 is 0 Å². The topological polar surface area (TPSA) is 33.6 Å². The molecule has 8 rings (SSSR count). The van der Waals surface area contributed by atoms with Gasteiger partial charge in [-0.25, -0.2) is 4.98 Å². The summed E-state index contributed by atoms with van der Waals surface area (Å²) in [5.41, 5.74) is 16.7. The van der Waals surface area contributed by atoms with Crippen molar-refractivity contribution in [2.45, 2.75) is 105 Å². The molecule has 6 aromatic carbocycles. The van der Waals surface area contributed by atoms with Gasteiger partial charge in [0.1, 0.15) is 5.82 Å². The van der Waals surface area contributed by atoms with Gasteiger partial charge in [0.05, 0.1) is 16.6 Å². The second-order valence-corrected chi connectivity index (χ2v) is 20.0. The molecule has 0 unspecified atom stereocenters. The van der Waals surface area contributed by atoms with E-state index >= 15 is 0 Å². The summed E-state index contributed by atoms with van der Waals surface area (Å²) >= 11 is 0. The first-order valence-corrected chi connectivity index (χ1v) is 20.2. The van der Waals surface area contributed by atoms with Crippen LogP contribution in [0.1, 0.15) is 105 Å². The molecule has 3 nitrogen and oxygen atoms in total. The minimum atomic E-state index is -0.0811. The van der Waals surface area contributed by atoms with Gasteiger partial charge in [0.15, 0.2) is 0 Å². The molecule has 56 heavy (non-hydrogen) atoms. The lowest BCUT2D eigenvalue weighted by atomic mass is 9.80. The fourth-order valence-corrected chi connectivity index (χ4v) is 7.92. The number of aromatic nitrogens is 3. The van der Waals surface area contributed by atoms with E-state index in [0.29, 0.717) is 0 Å². The number of para-hydroxylation sites is 3. The third-order valence-corrected chi connectivity index (χ3v) is 11.5. The van der Waals surface area contributed by atoms with Gasteiger partial charge in [0, 0.05) is 33.1 Å². The van der Waals surface area contributed by atoms with Crippen molar-refractivity contribution in [3.8, 4) is 39.3 Å². The number of benzene rings is 6. The first-order valence-electron chi connectivity index (χ1n) is 20.2.